The van der Waals surface area contributed by atoms with Crippen molar-refractivity contribution >= 4 is 17.0 Å². The van der Waals surface area contributed by atoms with Crippen molar-refractivity contribution in [3.63, 3.8) is 0 Å². The zero-order chi connectivity index (χ0) is 21.0. The molecule has 1 unspecified atom stereocenters. The number of aromatic nitrogens is 1. The number of thiazole rings is 1. The Morgan fingerprint density at radius 1 is 1.00 bits per heavy atom. The third-order valence-electron chi connectivity index (χ3n) is 4.70. The van der Waals surface area contributed by atoms with Crippen molar-refractivity contribution < 1.29 is 14.2 Å². The van der Waals surface area contributed by atoms with E-state index in [1.165, 1.54) is 11.1 Å². The van der Waals surface area contributed by atoms with Gasteiger partial charge in [-0.15, -0.1) is 11.3 Å². The molecule has 0 spiro atoms. The van der Waals surface area contributed by atoms with Crippen LogP contribution in [0.4, 0.5) is 5.69 Å². The first-order valence-electron chi connectivity index (χ1n) is 9.51. The van der Waals surface area contributed by atoms with Gasteiger partial charge in [0.05, 0.1) is 38.2 Å². The fourth-order valence-corrected chi connectivity index (χ4v) is 4.49. The number of ether oxygens (including phenoxy) is 3. The summed E-state index contributed by atoms with van der Waals surface area (Å²) in [5, 5.41) is 2.12. The minimum atomic E-state index is 0.0989. The highest BCUT2D eigenvalue weighted by molar-refractivity contribution is 7.07. The Morgan fingerprint density at radius 3 is 2.34 bits per heavy atom. The van der Waals surface area contributed by atoms with E-state index in [9.17, 15) is 0 Å². The Balaban J connectivity index is 2.24. The van der Waals surface area contributed by atoms with Crippen molar-refractivity contribution in [3.05, 3.63) is 57.7 Å². The summed E-state index contributed by atoms with van der Waals surface area (Å²) in [6, 6.07) is 12.3. The number of rotatable bonds is 7. The lowest BCUT2D eigenvalue weighted by Gasteiger charge is -2.18. The van der Waals surface area contributed by atoms with Crippen LogP contribution in [0.2, 0.25) is 0 Å². The molecule has 154 valence electrons. The Bertz CT molecular complexity index is 1030. The molecule has 0 N–H and O–H groups in total. The van der Waals surface area contributed by atoms with E-state index in [-0.39, 0.29) is 6.04 Å². The van der Waals surface area contributed by atoms with Crippen LogP contribution in [-0.2, 0) is 4.74 Å². The van der Waals surface area contributed by atoms with E-state index in [0.717, 1.165) is 33.2 Å². The molecule has 0 saturated carbocycles. The molecular weight excluding hydrogens is 384 g/mol. The molecule has 29 heavy (non-hydrogen) atoms. The average Bonchev–Trinajstić information content (AvgIpc) is 3.10. The zero-order valence-corrected chi connectivity index (χ0v) is 18.7. The Morgan fingerprint density at radius 2 is 1.72 bits per heavy atom. The number of hydrogen-bond acceptors (Lipinski definition) is 5. The summed E-state index contributed by atoms with van der Waals surface area (Å²) in [5.41, 5.74) is 5.34. The van der Waals surface area contributed by atoms with Crippen LogP contribution in [0.1, 0.15) is 24.1 Å². The molecule has 3 aromatic rings. The monoisotopic (exact) mass is 412 g/mol. The Kier molecular flexibility index (Phi) is 6.77. The van der Waals surface area contributed by atoms with Gasteiger partial charge in [0.25, 0.3) is 0 Å². The zero-order valence-electron chi connectivity index (χ0n) is 17.9. The summed E-state index contributed by atoms with van der Waals surface area (Å²) < 4.78 is 18.7. The highest BCUT2D eigenvalue weighted by atomic mass is 32.1. The van der Waals surface area contributed by atoms with Crippen molar-refractivity contribution in [2.45, 2.75) is 26.8 Å². The second-order valence-corrected chi connectivity index (χ2v) is 7.94. The van der Waals surface area contributed by atoms with Crippen molar-refractivity contribution in [3.8, 4) is 22.8 Å². The van der Waals surface area contributed by atoms with Gasteiger partial charge in [-0.2, -0.15) is 0 Å². The van der Waals surface area contributed by atoms with Crippen LogP contribution >= 0.6 is 11.3 Å². The average molecular weight is 413 g/mol. The van der Waals surface area contributed by atoms with Gasteiger partial charge in [-0.25, -0.2) is 4.99 Å². The van der Waals surface area contributed by atoms with Crippen LogP contribution in [0, 0.1) is 13.8 Å². The van der Waals surface area contributed by atoms with Crippen LogP contribution in [0.5, 0.6) is 11.5 Å². The molecule has 3 rings (SSSR count). The predicted octanol–water partition coefficient (Wildman–Crippen LogP) is 5.29. The molecule has 0 fully saturated rings. The van der Waals surface area contributed by atoms with Gasteiger partial charge in [-0.1, -0.05) is 6.07 Å². The van der Waals surface area contributed by atoms with Crippen molar-refractivity contribution in [1.82, 2.24) is 4.57 Å². The molecule has 0 saturated heterocycles. The summed E-state index contributed by atoms with van der Waals surface area (Å²) in [5.74, 6) is 1.57. The molecule has 0 aliphatic rings. The summed E-state index contributed by atoms with van der Waals surface area (Å²) >= 11 is 1.61. The van der Waals surface area contributed by atoms with Gasteiger partial charge in [0.1, 0.15) is 11.5 Å². The molecule has 6 heteroatoms. The van der Waals surface area contributed by atoms with Crippen LogP contribution in [-0.4, -0.2) is 32.5 Å². The highest BCUT2D eigenvalue weighted by Crippen LogP contribution is 2.35. The van der Waals surface area contributed by atoms with Crippen molar-refractivity contribution in [2.24, 2.45) is 4.99 Å². The molecule has 0 amide bonds. The van der Waals surface area contributed by atoms with E-state index >= 15 is 0 Å². The summed E-state index contributed by atoms with van der Waals surface area (Å²) in [7, 11) is 5.07. The molecule has 0 aliphatic carbocycles. The van der Waals surface area contributed by atoms with Crippen LogP contribution < -0.4 is 14.3 Å². The molecule has 0 bridgehead atoms. The Labute approximate surface area is 176 Å². The van der Waals surface area contributed by atoms with E-state index < -0.39 is 0 Å². The maximum atomic E-state index is 5.63. The van der Waals surface area contributed by atoms with Crippen LogP contribution in [0.25, 0.3) is 11.3 Å². The highest BCUT2D eigenvalue weighted by Gasteiger charge is 2.18. The molecular formula is C23H28N2O3S. The van der Waals surface area contributed by atoms with E-state index in [2.05, 4.69) is 48.9 Å². The lowest BCUT2D eigenvalue weighted by atomic mass is 10.1. The maximum Gasteiger partial charge on any atom is 0.190 e. The quantitative estimate of drug-likeness (QED) is 0.530. The van der Waals surface area contributed by atoms with Gasteiger partial charge in [-0.05, 0) is 62.2 Å². The number of aryl methyl sites for hydroxylation is 2. The molecule has 1 heterocycles. The van der Waals surface area contributed by atoms with Gasteiger partial charge in [0.2, 0.25) is 0 Å². The lowest BCUT2D eigenvalue weighted by molar-refractivity contribution is 0.162. The van der Waals surface area contributed by atoms with E-state index in [1.54, 1.807) is 32.7 Å². The van der Waals surface area contributed by atoms with Gasteiger partial charge in [0, 0.05) is 18.1 Å². The number of nitrogens with zero attached hydrogens (tertiary/aromatic N) is 2. The SMILES string of the molecule is COCC(C)n1c(-c2cc(OC)ccc2OC)csc1=Nc1cc(C)cc(C)c1. The molecule has 1 aromatic heterocycles. The number of methoxy groups -OCH3 is 3. The first-order chi connectivity index (χ1) is 14.0. The van der Waals surface area contributed by atoms with Crippen molar-refractivity contribution in [2.75, 3.05) is 27.9 Å². The fraction of sp³-hybridized carbons (Fsp3) is 0.348. The van der Waals surface area contributed by atoms with Crippen LogP contribution in [0.3, 0.4) is 0 Å². The minimum Gasteiger partial charge on any atom is -0.497 e. The number of benzene rings is 2. The standard InChI is InChI=1S/C23H28N2O3S/c1-15-9-16(2)11-18(10-15)24-23-25(17(3)13-26-4)21(14-29-23)20-12-19(27-5)7-8-22(20)28-6/h7-12,14,17H,13H2,1-6H3. The van der Waals surface area contributed by atoms with E-state index in [1.807, 2.05) is 18.2 Å². The Hall–Kier alpha value is -2.57. The smallest absolute Gasteiger partial charge is 0.190 e. The van der Waals surface area contributed by atoms with Crippen molar-refractivity contribution in [1.29, 1.82) is 0 Å². The van der Waals surface area contributed by atoms with Gasteiger partial charge < -0.3 is 18.8 Å². The first kappa shape index (κ1) is 21.1. The molecule has 5 nitrogen and oxygen atoms in total. The van der Waals surface area contributed by atoms with E-state index in [0.29, 0.717) is 6.61 Å². The summed E-state index contributed by atoms with van der Waals surface area (Å²) in [4.78, 5) is 5.88. The van der Waals surface area contributed by atoms with Gasteiger partial charge in [0.15, 0.2) is 4.80 Å². The van der Waals surface area contributed by atoms with Crippen LogP contribution in [0.15, 0.2) is 46.8 Å². The second kappa shape index (κ2) is 9.29. The largest absolute Gasteiger partial charge is 0.497 e. The normalized spacial score (nSPS) is 12.8. The topological polar surface area (TPSA) is 45.0 Å². The first-order valence-corrected chi connectivity index (χ1v) is 10.4. The second-order valence-electron chi connectivity index (χ2n) is 7.10. The third-order valence-corrected chi connectivity index (χ3v) is 5.54. The number of hydrogen-bond donors (Lipinski definition) is 0. The van der Waals surface area contributed by atoms with Gasteiger partial charge >= 0.3 is 0 Å². The molecule has 0 radical (unpaired) electrons. The molecule has 1 atom stereocenters. The lowest BCUT2D eigenvalue weighted by Crippen LogP contribution is -2.23. The molecule has 0 aliphatic heterocycles. The van der Waals surface area contributed by atoms with E-state index in [4.69, 9.17) is 19.2 Å². The summed E-state index contributed by atoms with van der Waals surface area (Å²) in [6.07, 6.45) is 0. The third kappa shape index (κ3) is 4.71. The maximum absolute atomic E-state index is 5.63. The minimum absolute atomic E-state index is 0.0989. The molecule has 2 aromatic carbocycles. The van der Waals surface area contributed by atoms with Gasteiger partial charge in [-0.3, -0.25) is 0 Å². The summed E-state index contributed by atoms with van der Waals surface area (Å²) in [6.45, 7) is 6.89. The predicted molar refractivity (Wildman–Crippen MR) is 119 cm³/mol. The fourth-order valence-electron chi connectivity index (χ4n) is 3.48.